The van der Waals surface area contributed by atoms with Crippen molar-refractivity contribution in [3.63, 3.8) is 0 Å². The molecule has 0 unspecified atom stereocenters. The minimum atomic E-state index is -1.18. The topological polar surface area (TPSA) is 0 Å². The van der Waals surface area contributed by atoms with Crippen molar-refractivity contribution in [2.24, 2.45) is 0 Å². The van der Waals surface area contributed by atoms with Crippen LogP contribution >= 0.6 is 8.19 Å². The molecule has 25 heavy (non-hydrogen) atoms. The third kappa shape index (κ3) is 14.2. The summed E-state index contributed by atoms with van der Waals surface area (Å²) >= 11 is 0. The van der Waals surface area contributed by atoms with Crippen LogP contribution in [-0.4, -0.2) is 8.07 Å². The van der Waals surface area contributed by atoms with E-state index in [-0.39, 0.29) is 26.2 Å². The first kappa shape index (κ1) is 25.5. The molecule has 1 aromatic rings. The zero-order chi connectivity index (χ0) is 17.8. The zero-order valence-corrected chi connectivity index (χ0v) is 20.2. The van der Waals surface area contributed by atoms with Gasteiger partial charge in [-0.3, -0.25) is 11.4 Å². The SMILES string of the molecule is Cc1[c-]c(C=[C-][Si](C)(C)C)pcc1C.[CH]1[CH][CH][CH][CH]1.[CH]1[CH][CH][CH][CH]1.[Zr+2]. The van der Waals surface area contributed by atoms with Gasteiger partial charge < -0.3 is 11.8 Å². The molecule has 2 aliphatic carbocycles. The van der Waals surface area contributed by atoms with E-state index in [1.165, 1.54) is 24.6 Å². The molecule has 0 amide bonds. The van der Waals surface area contributed by atoms with Crippen molar-refractivity contribution >= 4 is 22.3 Å². The molecule has 0 N–H and O–H groups in total. The first-order valence-electron chi connectivity index (χ1n) is 8.18. The first-order valence-corrected chi connectivity index (χ1v) is 12.6. The van der Waals surface area contributed by atoms with Crippen molar-refractivity contribution in [1.82, 2.24) is 0 Å². The molecule has 0 bridgehead atoms. The Balaban J connectivity index is 0.000000425. The van der Waals surface area contributed by atoms with Crippen LogP contribution in [0.3, 0.4) is 0 Å². The Morgan fingerprint density at radius 2 is 1.24 bits per heavy atom. The predicted octanol–water partition coefficient (Wildman–Crippen LogP) is 6.42. The molecule has 3 rings (SSSR count). The molecule has 0 nitrogen and oxygen atoms in total. The van der Waals surface area contributed by atoms with Gasteiger partial charge in [0.1, 0.15) is 0 Å². The van der Waals surface area contributed by atoms with E-state index in [1.807, 2.05) is 64.2 Å². The summed E-state index contributed by atoms with van der Waals surface area (Å²) in [7, 11) is 0.0762. The summed E-state index contributed by atoms with van der Waals surface area (Å²) in [4.78, 5) is 0. The van der Waals surface area contributed by atoms with Crippen LogP contribution in [0.2, 0.25) is 19.6 Å². The third-order valence-electron chi connectivity index (χ3n) is 3.06. The molecule has 0 saturated heterocycles. The molecule has 0 aliphatic heterocycles. The zero-order valence-electron chi connectivity index (χ0n) is 15.9. The maximum Gasteiger partial charge on any atom is 2.00 e. The van der Waals surface area contributed by atoms with E-state index in [9.17, 15) is 0 Å². The van der Waals surface area contributed by atoms with Gasteiger partial charge in [0.2, 0.25) is 0 Å². The molecule has 2 aliphatic rings. The van der Waals surface area contributed by atoms with E-state index >= 15 is 0 Å². The van der Waals surface area contributed by atoms with Crippen LogP contribution in [0.4, 0.5) is 0 Å². The van der Waals surface area contributed by atoms with Crippen molar-refractivity contribution in [2.75, 3.05) is 0 Å². The van der Waals surface area contributed by atoms with Crippen molar-refractivity contribution in [3.05, 3.63) is 98.2 Å². The normalized spacial score (nSPS) is 16.8. The smallest absolute Gasteiger partial charge is 0.346 e. The fourth-order valence-electron chi connectivity index (χ4n) is 1.59. The molecule has 2 saturated carbocycles. The van der Waals surface area contributed by atoms with E-state index in [0.717, 1.165) is 0 Å². The molecule has 1 aromatic heterocycles. The quantitative estimate of drug-likeness (QED) is 0.367. The minimum absolute atomic E-state index is 0. The van der Waals surface area contributed by atoms with E-state index in [1.54, 1.807) is 0 Å². The fourth-order valence-corrected chi connectivity index (χ4v) is 3.18. The Bertz CT molecular complexity index is 458. The van der Waals surface area contributed by atoms with E-state index < -0.39 is 8.07 Å². The third-order valence-corrected chi connectivity index (χ3v) is 5.10. The van der Waals surface area contributed by atoms with Crippen LogP contribution in [0.1, 0.15) is 16.4 Å². The summed E-state index contributed by atoms with van der Waals surface area (Å²) in [5.41, 5.74) is 6.09. The molecule has 2 fully saturated rings. The van der Waals surface area contributed by atoms with Crippen LogP contribution in [0, 0.1) is 89.8 Å². The van der Waals surface area contributed by atoms with E-state index in [4.69, 9.17) is 0 Å². The fraction of sp³-hybridized carbons (Fsp3) is 0.227. The number of rotatable bonds is 2. The van der Waals surface area contributed by atoms with Crippen LogP contribution in [0.5, 0.6) is 0 Å². The molecule has 0 aromatic carbocycles. The summed E-state index contributed by atoms with van der Waals surface area (Å²) in [5.74, 6) is 2.24. The van der Waals surface area contributed by atoms with Crippen LogP contribution in [0.15, 0.2) is 5.80 Å². The monoisotopic (exact) mass is 440 g/mol. The molecule has 10 radical (unpaired) electrons. The Morgan fingerprint density at radius 3 is 1.56 bits per heavy atom. The summed E-state index contributed by atoms with van der Waals surface area (Å²) in [6, 6.07) is 3.40. The van der Waals surface area contributed by atoms with Crippen molar-refractivity contribution in [1.29, 1.82) is 0 Å². The summed E-state index contributed by atoms with van der Waals surface area (Å²) < 4.78 is 0. The van der Waals surface area contributed by atoms with E-state index in [0.29, 0.717) is 0 Å². The number of hydrogen-bond donors (Lipinski definition) is 0. The molecule has 128 valence electrons. The second-order valence-electron chi connectivity index (χ2n) is 6.54. The minimum Gasteiger partial charge on any atom is -0.346 e. The largest absolute Gasteiger partial charge is 2.00 e. The van der Waals surface area contributed by atoms with Gasteiger partial charge in [-0.25, -0.2) is 8.19 Å². The van der Waals surface area contributed by atoms with Crippen LogP contribution in [-0.2, 0) is 26.2 Å². The summed E-state index contributed by atoms with van der Waals surface area (Å²) in [5, 5.41) is 1.25. The predicted molar refractivity (Wildman–Crippen MR) is 111 cm³/mol. The van der Waals surface area contributed by atoms with E-state index in [2.05, 4.69) is 57.1 Å². The van der Waals surface area contributed by atoms with Crippen LogP contribution in [0.25, 0.3) is 6.08 Å². The van der Waals surface area contributed by atoms with Crippen molar-refractivity contribution in [3.8, 4) is 0 Å². The number of hydrogen-bond acceptors (Lipinski definition) is 0. The average Bonchev–Trinajstić information content (AvgIpc) is 3.26. The van der Waals surface area contributed by atoms with Gasteiger partial charge in [0.15, 0.2) is 0 Å². The maximum atomic E-state index is 3.49. The van der Waals surface area contributed by atoms with Gasteiger partial charge in [0.05, 0.1) is 0 Å². The Kier molecular flexibility index (Phi) is 14.8. The Labute approximate surface area is 179 Å². The van der Waals surface area contributed by atoms with Gasteiger partial charge in [-0.1, -0.05) is 33.5 Å². The van der Waals surface area contributed by atoms with Crippen molar-refractivity contribution in [2.45, 2.75) is 33.5 Å². The molecule has 0 spiro atoms. The van der Waals surface area contributed by atoms with Crippen LogP contribution < -0.4 is 0 Å². The van der Waals surface area contributed by atoms with Gasteiger partial charge in [0.25, 0.3) is 0 Å². The van der Waals surface area contributed by atoms with Gasteiger partial charge in [-0.2, -0.15) is 5.56 Å². The molecular formula is C22H27PSiZr. The Hall–Kier alpha value is 0.490. The Morgan fingerprint density at radius 1 is 0.840 bits per heavy atom. The van der Waals surface area contributed by atoms with Gasteiger partial charge in [-0.15, -0.1) is 11.4 Å². The summed E-state index contributed by atoms with van der Waals surface area (Å²) in [6.07, 6.45) is 22.1. The number of aryl methyl sites for hydroxylation is 2. The standard InChI is InChI=1S/C12H17PSi.2C5H5.Zr/c1-10-8-12(13-9-11(10)2)6-7-14(3,4)5;2*1-2-4-5-3-1;/h6,9H,1-5H3;2*1-5H;/q-2;;;+2. The summed E-state index contributed by atoms with van der Waals surface area (Å²) in [6.45, 7) is 11.1. The maximum absolute atomic E-state index is 3.49. The van der Waals surface area contributed by atoms with Crippen molar-refractivity contribution < 1.29 is 26.2 Å². The second-order valence-corrected chi connectivity index (χ2v) is 12.3. The average molecular weight is 442 g/mol. The molecule has 3 heteroatoms. The second kappa shape index (κ2) is 14.5. The first-order chi connectivity index (χ1) is 11.4. The van der Waals surface area contributed by atoms with Gasteiger partial charge >= 0.3 is 26.2 Å². The van der Waals surface area contributed by atoms with Gasteiger partial charge in [-0.05, 0) is 72.3 Å². The molecule has 0 atom stereocenters. The molecular weight excluding hydrogens is 415 g/mol. The van der Waals surface area contributed by atoms with Gasteiger partial charge in [0, 0.05) is 0 Å². The molecule has 1 heterocycles.